The lowest BCUT2D eigenvalue weighted by Crippen LogP contribution is -2.43. The first-order valence-corrected chi connectivity index (χ1v) is 9.54. The number of nitrogens with two attached hydrogens (primary N) is 1. The van der Waals surface area contributed by atoms with Crippen LogP contribution in [0.4, 0.5) is 17.2 Å². The maximum Gasteiger partial charge on any atom is 0.293 e. The Kier molecular flexibility index (Phi) is 5.40. The van der Waals surface area contributed by atoms with Crippen molar-refractivity contribution in [1.29, 1.82) is 0 Å². The molecule has 2 heterocycles. The zero-order valence-corrected chi connectivity index (χ0v) is 16.2. The minimum absolute atomic E-state index is 0.0352. The molecule has 1 amide bonds. The number of primary amides is 1. The first kappa shape index (κ1) is 19.5. The summed E-state index contributed by atoms with van der Waals surface area (Å²) >= 11 is 0. The van der Waals surface area contributed by atoms with Gasteiger partial charge in [0, 0.05) is 49.7 Å². The van der Waals surface area contributed by atoms with Gasteiger partial charge in [0.2, 0.25) is 5.91 Å². The maximum atomic E-state index is 11.7. The third-order valence-corrected chi connectivity index (χ3v) is 5.08. The molecule has 0 unspecified atom stereocenters. The van der Waals surface area contributed by atoms with E-state index in [4.69, 9.17) is 5.73 Å². The quantitative estimate of drug-likeness (QED) is 0.414. The number of anilines is 2. The predicted molar refractivity (Wildman–Crippen MR) is 114 cm³/mol. The number of rotatable bonds is 6. The second kappa shape index (κ2) is 8.29. The van der Waals surface area contributed by atoms with E-state index in [0.717, 1.165) is 18.7 Å². The van der Waals surface area contributed by atoms with Gasteiger partial charge < -0.3 is 21.3 Å². The van der Waals surface area contributed by atoms with Gasteiger partial charge in [-0.05, 0) is 23.8 Å². The van der Waals surface area contributed by atoms with Gasteiger partial charge in [0.25, 0.3) is 5.69 Å². The second-order valence-corrected chi connectivity index (χ2v) is 6.99. The fourth-order valence-corrected chi connectivity index (χ4v) is 3.50. The van der Waals surface area contributed by atoms with Gasteiger partial charge in [-0.3, -0.25) is 14.9 Å². The zero-order chi connectivity index (χ0) is 21.1. The molecule has 10 nitrogen and oxygen atoms in total. The summed E-state index contributed by atoms with van der Waals surface area (Å²) in [7, 11) is 0. The largest absolute Gasteiger partial charge is 0.366 e. The molecule has 30 heavy (non-hydrogen) atoms. The smallest absolute Gasteiger partial charge is 0.293 e. The number of hydrogen-bond donors (Lipinski definition) is 3. The Labute approximate surface area is 172 Å². The molecule has 0 aliphatic carbocycles. The number of piperazine rings is 1. The van der Waals surface area contributed by atoms with E-state index in [0.29, 0.717) is 47.6 Å². The maximum absolute atomic E-state index is 11.7. The highest BCUT2D eigenvalue weighted by molar-refractivity contribution is 5.95. The summed E-state index contributed by atoms with van der Waals surface area (Å²) in [5.41, 5.74) is 7.85. The number of hydrogen-bond acceptors (Lipinski definition) is 8. The number of fused-ring (bicyclic) bond motifs is 1. The van der Waals surface area contributed by atoms with Crippen LogP contribution in [-0.2, 0) is 6.54 Å². The summed E-state index contributed by atoms with van der Waals surface area (Å²) < 4.78 is 0. The SMILES string of the molecule is NC(=O)c1ccc(CNc2ncnc3cc(N4CCNCC4)c([N+](=O)[O-])cc23)cc1. The highest BCUT2D eigenvalue weighted by Crippen LogP contribution is 2.34. The van der Waals surface area contributed by atoms with Crippen molar-refractivity contribution in [2.24, 2.45) is 5.73 Å². The zero-order valence-electron chi connectivity index (χ0n) is 16.2. The van der Waals surface area contributed by atoms with Crippen LogP contribution >= 0.6 is 0 Å². The highest BCUT2D eigenvalue weighted by Gasteiger charge is 2.23. The minimum Gasteiger partial charge on any atom is -0.366 e. The number of nitro groups is 1. The molecular formula is C20H21N7O3. The summed E-state index contributed by atoms with van der Waals surface area (Å²) in [6.45, 7) is 3.38. The molecule has 1 fully saturated rings. The molecule has 154 valence electrons. The Morgan fingerprint density at radius 1 is 1.20 bits per heavy atom. The number of amides is 1. The van der Waals surface area contributed by atoms with Crippen LogP contribution < -0.4 is 21.3 Å². The monoisotopic (exact) mass is 407 g/mol. The van der Waals surface area contributed by atoms with Crippen molar-refractivity contribution in [3.63, 3.8) is 0 Å². The van der Waals surface area contributed by atoms with Gasteiger partial charge in [-0.25, -0.2) is 9.97 Å². The lowest BCUT2D eigenvalue weighted by molar-refractivity contribution is -0.384. The third-order valence-electron chi connectivity index (χ3n) is 5.08. The molecule has 3 aromatic rings. The molecule has 0 atom stereocenters. The average Bonchev–Trinajstić information content (AvgIpc) is 2.77. The van der Waals surface area contributed by atoms with Crippen molar-refractivity contribution in [3.8, 4) is 0 Å². The number of aromatic nitrogens is 2. The number of benzene rings is 2. The molecule has 10 heteroatoms. The summed E-state index contributed by atoms with van der Waals surface area (Å²) in [6.07, 6.45) is 1.44. The van der Waals surface area contributed by atoms with Crippen LogP contribution in [0.25, 0.3) is 10.9 Å². The number of nitro benzene ring substituents is 1. The highest BCUT2D eigenvalue weighted by atomic mass is 16.6. The minimum atomic E-state index is -0.482. The Morgan fingerprint density at radius 2 is 1.93 bits per heavy atom. The second-order valence-electron chi connectivity index (χ2n) is 6.99. The fourth-order valence-electron chi connectivity index (χ4n) is 3.50. The van der Waals surface area contributed by atoms with E-state index in [-0.39, 0.29) is 10.6 Å². The standard InChI is InChI=1S/C20H21N7O3/c21-19(28)14-3-1-13(2-4-14)11-23-20-15-9-18(27(29)30)17(10-16(15)24-12-25-20)26-7-5-22-6-8-26/h1-4,9-10,12,22H,5-8,11H2,(H2,21,28)(H,23,24,25). The molecule has 0 bridgehead atoms. The molecular weight excluding hydrogens is 386 g/mol. The molecule has 0 spiro atoms. The molecule has 1 aliphatic rings. The van der Waals surface area contributed by atoms with Crippen LogP contribution in [0.5, 0.6) is 0 Å². The van der Waals surface area contributed by atoms with Crippen LogP contribution in [0, 0.1) is 10.1 Å². The van der Waals surface area contributed by atoms with Crippen LogP contribution in [0.2, 0.25) is 0 Å². The summed E-state index contributed by atoms with van der Waals surface area (Å²) in [5.74, 6) is 0.0258. The van der Waals surface area contributed by atoms with Crippen LogP contribution in [-0.4, -0.2) is 47.0 Å². The van der Waals surface area contributed by atoms with Crippen molar-refractivity contribution in [2.75, 3.05) is 36.4 Å². The van der Waals surface area contributed by atoms with Gasteiger partial charge in [0.05, 0.1) is 10.4 Å². The van der Waals surface area contributed by atoms with Crippen LogP contribution in [0.3, 0.4) is 0 Å². The predicted octanol–water partition coefficient (Wildman–Crippen LogP) is 1.66. The van der Waals surface area contributed by atoms with Crippen LogP contribution in [0.1, 0.15) is 15.9 Å². The van der Waals surface area contributed by atoms with E-state index < -0.39 is 5.91 Å². The topological polar surface area (TPSA) is 139 Å². The average molecular weight is 407 g/mol. The molecule has 1 aliphatic heterocycles. The Hall–Kier alpha value is -3.79. The summed E-state index contributed by atoms with van der Waals surface area (Å²) in [5, 5.41) is 18.8. The number of nitrogens with one attached hydrogen (secondary N) is 2. The van der Waals surface area contributed by atoms with Crippen LogP contribution in [0.15, 0.2) is 42.7 Å². The van der Waals surface area contributed by atoms with Crippen molar-refractivity contribution in [3.05, 3.63) is 64.0 Å². The van der Waals surface area contributed by atoms with E-state index in [1.165, 1.54) is 12.4 Å². The third kappa shape index (κ3) is 3.98. The first-order chi connectivity index (χ1) is 14.5. The fraction of sp³-hybridized carbons (Fsp3) is 0.250. The molecule has 4 rings (SSSR count). The van der Waals surface area contributed by atoms with Gasteiger partial charge in [-0.15, -0.1) is 0 Å². The normalized spacial score (nSPS) is 13.9. The summed E-state index contributed by atoms with van der Waals surface area (Å²) in [6, 6.07) is 10.2. The van der Waals surface area contributed by atoms with Gasteiger partial charge in [-0.1, -0.05) is 12.1 Å². The van der Waals surface area contributed by atoms with Gasteiger partial charge in [-0.2, -0.15) is 0 Å². The molecule has 4 N–H and O–H groups in total. The van der Waals surface area contributed by atoms with Crippen molar-refractivity contribution in [2.45, 2.75) is 6.54 Å². The number of nitrogens with zero attached hydrogens (tertiary/aromatic N) is 4. The summed E-state index contributed by atoms with van der Waals surface area (Å²) in [4.78, 5) is 33.2. The van der Waals surface area contributed by atoms with E-state index in [1.807, 2.05) is 4.90 Å². The number of carbonyl (C=O) groups excluding carboxylic acids is 1. The van der Waals surface area contributed by atoms with Crippen molar-refractivity contribution in [1.82, 2.24) is 15.3 Å². The first-order valence-electron chi connectivity index (χ1n) is 9.54. The lowest BCUT2D eigenvalue weighted by atomic mass is 10.1. The lowest BCUT2D eigenvalue weighted by Gasteiger charge is -2.29. The number of carbonyl (C=O) groups is 1. The molecule has 0 saturated carbocycles. The van der Waals surface area contributed by atoms with Gasteiger partial charge >= 0.3 is 0 Å². The Morgan fingerprint density at radius 3 is 2.60 bits per heavy atom. The van der Waals surface area contributed by atoms with E-state index in [9.17, 15) is 14.9 Å². The van der Waals surface area contributed by atoms with E-state index in [2.05, 4.69) is 20.6 Å². The molecule has 2 aromatic carbocycles. The molecule has 1 aromatic heterocycles. The van der Waals surface area contributed by atoms with Crippen molar-refractivity contribution < 1.29 is 9.72 Å². The molecule has 1 saturated heterocycles. The van der Waals surface area contributed by atoms with Crippen molar-refractivity contribution >= 4 is 34.0 Å². The Balaban J connectivity index is 1.64. The molecule has 0 radical (unpaired) electrons. The van der Waals surface area contributed by atoms with E-state index in [1.54, 1.807) is 30.3 Å². The van der Waals surface area contributed by atoms with Gasteiger partial charge in [0.15, 0.2) is 0 Å². The van der Waals surface area contributed by atoms with E-state index >= 15 is 0 Å². The Bertz CT molecular complexity index is 1100. The van der Waals surface area contributed by atoms with Gasteiger partial charge in [0.1, 0.15) is 17.8 Å².